The summed E-state index contributed by atoms with van der Waals surface area (Å²) in [7, 11) is 0. The fraction of sp³-hybridized carbons (Fsp3) is 0.133. The van der Waals surface area contributed by atoms with Crippen LogP contribution in [0.15, 0.2) is 53.5 Å². The molecule has 1 heterocycles. The number of hydrogen-bond donors (Lipinski definition) is 1. The van der Waals surface area contributed by atoms with Gasteiger partial charge in [0.2, 0.25) is 0 Å². The lowest BCUT2D eigenvalue weighted by Gasteiger charge is -2.26. The molecule has 102 valence electrons. The zero-order chi connectivity index (χ0) is 14.1. The molecule has 1 aliphatic rings. The van der Waals surface area contributed by atoms with Gasteiger partial charge in [0.15, 0.2) is 5.96 Å². The van der Waals surface area contributed by atoms with E-state index in [9.17, 15) is 4.39 Å². The van der Waals surface area contributed by atoms with Crippen LogP contribution >= 0.6 is 11.6 Å². The van der Waals surface area contributed by atoms with Crippen molar-refractivity contribution in [3.05, 3.63) is 64.9 Å². The van der Waals surface area contributed by atoms with E-state index < -0.39 is 0 Å². The number of halogens is 2. The van der Waals surface area contributed by atoms with Crippen LogP contribution in [0.3, 0.4) is 0 Å². The number of benzene rings is 2. The van der Waals surface area contributed by atoms with Crippen molar-refractivity contribution in [3.8, 4) is 0 Å². The van der Waals surface area contributed by atoms with E-state index in [-0.39, 0.29) is 11.9 Å². The number of aliphatic imine (C=N–C) groups is 1. The number of nitrogens with zero attached hydrogens (tertiary/aromatic N) is 2. The Balaban J connectivity index is 2.00. The van der Waals surface area contributed by atoms with E-state index in [0.29, 0.717) is 17.5 Å². The summed E-state index contributed by atoms with van der Waals surface area (Å²) >= 11 is 6.02. The molecule has 0 amide bonds. The Morgan fingerprint density at radius 2 is 2.00 bits per heavy atom. The minimum atomic E-state index is -0.265. The van der Waals surface area contributed by atoms with Gasteiger partial charge in [0.05, 0.1) is 12.6 Å². The predicted octanol–water partition coefficient (Wildman–Crippen LogP) is 3.36. The molecule has 0 radical (unpaired) electrons. The standard InChI is InChI=1S/C15H13ClFN3/c16-11-4-2-6-13(8-11)20-14(9-19-15(20)18)10-3-1-5-12(17)7-10/h1-8,14H,9H2,(H2,18,19). The first kappa shape index (κ1) is 12.9. The molecule has 3 nitrogen and oxygen atoms in total. The molecule has 2 aromatic carbocycles. The summed E-state index contributed by atoms with van der Waals surface area (Å²) in [6, 6.07) is 13.8. The summed E-state index contributed by atoms with van der Waals surface area (Å²) < 4.78 is 13.4. The lowest BCUT2D eigenvalue weighted by molar-refractivity contribution is 0.621. The normalized spacial score (nSPS) is 18.2. The average Bonchev–Trinajstić information content (AvgIpc) is 2.80. The van der Waals surface area contributed by atoms with E-state index in [0.717, 1.165) is 11.3 Å². The predicted molar refractivity (Wildman–Crippen MR) is 79.6 cm³/mol. The van der Waals surface area contributed by atoms with Gasteiger partial charge in [-0.1, -0.05) is 29.8 Å². The molecule has 2 aromatic rings. The topological polar surface area (TPSA) is 41.6 Å². The number of anilines is 1. The summed E-state index contributed by atoms with van der Waals surface area (Å²) in [5.41, 5.74) is 7.66. The fourth-order valence-electron chi connectivity index (χ4n) is 2.40. The minimum Gasteiger partial charge on any atom is -0.369 e. The molecule has 1 aliphatic heterocycles. The van der Waals surface area contributed by atoms with Crippen molar-refractivity contribution in [2.75, 3.05) is 11.4 Å². The molecular formula is C15H13ClFN3. The van der Waals surface area contributed by atoms with Crippen molar-refractivity contribution < 1.29 is 4.39 Å². The minimum absolute atomic E-state index is 0.107. The highest BCUT2D eigenvalue weighted by atomic mass is 35.5. The average molecular weight is 290 g/mol. The molecular weight excluding hydrogens is 277 g/mol. The highest BCUT2D eigenvalue weighted by Crippen LogP contribution is 2.32. The molecule has 1 unspecified atom stereocenters. The van der Waals surface area contributed by atoms with Crippen molar-refractivity contribution in [1.29, 1.82) is 0 Å². The zero-order valence-electron chi connectivity index (χ0n) is 10.6. The van der Waals surface area contributed by atoms with Gasteiger partial charge in [0.25, 0.3) is 0 Å². The first-order valence-electron chi connectivity index (χ1n) is 6.25. The first-order valence-corrected chi connectivity index (χ1v) is 6.63. The van der Waals surface area contributed by atoms with Crippen molar-refractivity contribution in [2.24, 2.45) is 10.7 Å². The van der Waals surface area contributed by atoms with E-state index in [1.54, 1.807) is 12.1 Å². The monoisotopic (exact) mass is 289 g/mol. The Kier molecular flexibility index (Phi) is 3.32. The van der Waals surface area contributed by atoms with Gasteiger partial charge >= 0.3 is 0 Å². The van der Waals surface area contributed by atoms with Crippen molar-refractivity contribution in [1.82, 2.24) is 0 Å². The Morgan fingerprint density at radius 1 is 1.20 bits per heavy atom. The maximum Gasteiger partial charge on any atom is 0.196 e. The van der Waals surface area contributed by atoms with Crippen molar-refractivity contribution in [3.63, 3.8) is 0 Å². The van der Waals surface area contributed by atoms with Gasteiger partial charge in [-0.2, -0.15) is 0 Å². The molecule has 2 N–H and O–H groups in total. The quantitative estimate of drug-likeness (QED) is 0.921. The highest BCUT2D eigenvalue weighted by molar-refractivity contribution is 6.30. The fourth-order valence-corrected chi connectivity index (χ4v) is 2.59. The summed E-state index contributed by atoms with van der Waals surface area (Å²) in [6.45, 7) is 0.502. The van der Waals surface area contributed by atoms with Crippen LogP contribution in [-0.2, 0) is 0 Å². The van der Waals surface area contributed by atoms with E-state index in [4.69, 9.17) is 17.3 Å². The molecule has 0 spiro atoms. The maximum absolute atomic E-state index is 13.4. The third-order valence-electron chi connectivity index (χ3n) is 3.30. The molecule has 0 bridgehead atoms. The van der Waals surface area contributed by atoms with Gasteiger partial charge in [-0.3, -0.25) is 4.99 Å². The summed E-state index contributed by atoms with van der Waals surface area (Å²) in [5, 5.41) is 0.625. The third-order valence-corrected chi connectivity index (χ3v) is 3.54. The summed E-state index contributed by atoms with van der Waals surface area (Å²) in [6.07, 6.45) is 0. The number of hydrogen-bond acceptors (Lipinski definition) is 3. The van der Waals surface area contributed by atoms with Gasteiger partial charge in [0.1, 0.15) is 5.82 Å². The molecule has 0 fully saturated rings. The van der Waals surface area contributed by atoms with Gasteiger partial charge in [-0.05, 0) is 35.9 Å². The van der Waals surface area contributed by atoms with E-state index >= 15 is 0 Å². The number of guanidine groups is 1. The van der Waals surface area contributed by atoms with Crippen LogP contribution in [0.1, 0.15) is 11.6 Å². The van der Waals surface area contributed by atoms with Crippen molar-refractivity contribution in [2.45, 2.75) is 6.04 Å². The van der Waals surface area contributed by atoms with Crippen LogP contribution < -0.4 is 10.6 Å². The van der Waals surface area contributed by atoms with Crippen LogP contribution in [0.25, 0.3) is 0 Å². The molecule has 0 aromatic heterocycles. The lowest BCUT2D eigenvalue weighted by Crippen LogP contribution is -2.36. The molecule has 0 saturated heterocycles. The van der Waals surface area contributed by atoms with Crippen LogP contribution in [0.5, 0.6) is 0 Å². The number of rotatable bonds is 2. The Labute approximate surface area is 121 Å². The molecule has 1 atom stereocenters. The van der Waals surface area contributed by atoms with Crippen LogP contribution in [-0.4, -0.2) is 12.5 Å². The lowest BCUT2D eigenvalue weighted by atomic mass is 10.1. The smallest absolute Gasteiger partial charge is 0.196 e. The van der Waals surface area contributed by atoms with Crippen LogP contribution in [0.4, 0.5) is 10.1 Å². The first-order chi connectivity index (χ1) is 9.65. The van der Waals surface area contributed by atoms with Crippen LogP contribution in [0, 0.1) is 5.82 Å². The van der Waals surface area contributed by atoms with E-state index in [1.165, 1.54) is 12.1 Å². The molecule has 0 saturated carbocycles. The Bertz CT molecular complexity index is 672. The molecule has 0 aliphatic carbocycles. The van der Waals surface area contributed by atoms with Crippen molar-refractivity contribution >= 4 is 23.2 Å². The second-order valence-electron chi connectivity index (χ2n) is 4.62. The highest BCUT2D eigenvalue weighted by Gasteiger charge is 2.29. The van der Waals surface area contributed by atoms with Gasteiger partial charge in [-0.15, -0.1) is 0 Å². The summed E-state index contributed by atoms with van der Waals surface area (Å²) in [4.78, 5) is 6.14. The number of nitrogens with two attached hydrogens (primary N) is 1. The van der Waals surface area contributed by atoms with Gasteiger partial charge < -0.3 is 10.6 Å². The largest absolute Gasteiger partial charge is 0.369 e. The van der Waals surface area contributed by atoms with E-state index in [1.807, 2.05) is 29.2 Å². The second-order valence-corrected chi connectivity index (χ2v) is 5.06. The zero-order valence-corrected chi connectivity index (χ0v) is 11.4. The Morgan fingerprint density at radius 3 is 2.75 bits per heavy atom. The molecule has 3 rings (SSSR count). The maximum atomic E-state index is 13.4. The van der Waals surface area contributed by atoms with Gasteiger partial charge in [-0.25, -0.2) is 4.39 Å². The van der Waals surface area contributed by atoms with Crippen LogP contribution in [0.2, 0.25) is 5.02 Å². The third kappa shape index (κ3) is 2.34. The Hall–Kier alpha value is -2.07. The molecule has 5 heteroatoms. The molecule has 20 heavy (non-hydrogen) atoms. The summed E-state index contributed by atoms with van der Waals surface area (Å²) in [5.74, 6) is 0.153. The second kappa shape index (κ2) is 5.13. The van der Waals surface area contributed by atoms with Gasteiger partial charge in [0, 0.05) is 10.7 Å². The SMILES string of the molecule is NC1=NCC(c2cccc(F)c2)N1c1cccc(Cl)c1. The van der Waals surface area contributed by atoms with E-state index in [2.05, 4.69) is 4.99 Å².